The predicted octanol–water partition coefficient (Wildman–Crippen LogP) is 4.02. The molecule has 0 spiro atoms. The first-order valence-corrected chi connectivity index (χ1v) is 8.94. The Labute approximate surface area is 157 Å². The predicted molar refractivity (Wildman–Crippen MR) is 104 cm³/mol. The van der Waals surface area contributed by atoms with Gasteiger partial charge in [0.2, 0.25) is 5.78 Å². The number of hydrogen-bond donors (Lipinski definition) is 2. The minimum Gasteiger partial charge on any atom is -0.508 e. The highest BCUT2D eigenvalue weighted by molar-refractivity contribution is 6.33. The maximum absolute atomic E-state index is 11.8. The molecule has 1 aromatic heterocycles. The monoisotopic (exact) mass is 365 g/mol. The summed E-state index contributed by atoms with van der Waals surface area (Å²) in [6.07, 6.45) is -0.124. The number of benzene rings is 2. The minimum atomic E-state index is -1.41. The Bertz CT molecular complexity index is 1030. The number of hydrogen-bond acceptors (Lipinski definition) is 3. The van der Waals surface area contributed by atoms with Crippen LogP contribution in [0.4, 0.5) is 0 Å². The Kier molecular flexibility index (Phi) is 5.04. The van der Waals surface area contributed by atoms with Gasteiger partial charge in [-0.05, 0) is 41.7 Å². The maximum Gasteiger partial charge on any atom is 0.372 e. The van der Waals surface area contributed by atoms with Crippen LogP contribution in [0.3, 0.4) is 0 Å². The number of fused-ring (bicyclic) bond motifs is 1. The first kappa shape index (κ1) is 18.7. The molecule has 0 saturated carbocycles. The van der Waals surface area contributed by atoms with Crippen LogP contribution in [0.15, 0.2) is 42.5 Å². The van der Waals surface area contributed by atoms with E-state index in [4.69, 9.17) is 5.11 Å². The van der Waals surface area contributed by atoms with E-state index in [-0.39, 0.29) is 18.1 Å². The van der Waals surface area contributed by atoms with Crippen LogP contribution in [0.2, 0.25) is 0 Å². The smallest absolute Gasteiger partial charge is 0.372 e. The van der Waals surface area contributed by atoms with Crippen LogP contribution in [-0.4, -0.2) is 26.5 Å². The number of Topliss-reactive ketones (excluding diaryl/α,β-unsaturated/α-hetero) is 1. The number of carboxylic acids is 1. The molecule has 0 radical (unpaired) electrons. The molecule has 2 aromatic carbocycles. The number of aliphatic carboxylic acids is 1. The van der Waals surface area contributed by atoms with E-state index in [0.29, 0.717) is 6.54 Å². The summed E-state index contributed by atoms with van der Waals surface area (Å²) in [6.45, 7) is 6.55. The molecule has 5 heteroatoms. The second-order valence-electron chi connectivity index (χ2n) is 7.12. The van der Waals surface area contributed by atoms with Crippen LogP contribution in [0, 0.1) is 6.92 Å². The van der Waals surface area contributed by atoms with E-state index in [1.54, 1.807) is 6.07 Å². The van der Waals surface area contributed by atoms with Crippen LogP contribution in [0.25, 0.3) is 10.9 Å². The molecule has 0 atom stereocenters. The fourth-order valence-corrected chi connectivity index (χ4v) is 3.51. The first-order valence-electron chi connectivity index (χ1n) is 8.94. The zero-order valence-electron chi connectivity index (χ0n) is 15.7. The molecule has 3 rings (SSSR count). The standard InChI is InChI=1S/C22H23NO4/c1-13(2)17-10-15(8-9-20(17)24)12-23-14(3)18(11-21(25)22(26)27)16-6-4-5-7-19(16)23/h4-10,13,24H,11-12H2,1-3H3,(H,26,27). The van der Waals surface area contributed by atoms with Crippen LogP contribution in [0.1, 0.15) is 42.1 Å². The minimum absolute atomic E-state index is 0.124. The van der Waals surface area contributed by atoms with Crippen molar-refractivity contribution in [2.75, 3.05) is 0 Å². The Balaban J connectivity index is 2.07. The molecule has 27 heavy (non-hydrogen) atoms. The molecule has 0 amide bonds. The molecule has 0 saturated heterocycles. The Hall–Kier alpha value is -3.08. The Morgan fingerprint density at radius 1 is 1.11 bits per heavy atom. The van der Waals surface area contributed by atoms with Gasteiger partial charge in [-0.15, -0.1) is 0 Å². The van der Waals surface area contributed by atoms with Gasteiger partial charge < -0.3 is 14.8 Å². The molecule has 0 unspecified atom stereocenters. The van der Waals surface area contributed by atoms with E-state index in [1.807, 2.05) is 57.2 Å². The molecule has 3 aromatic rings. The fraction of sp³-hybridized carbons (Fsp3) is 0.273. The zero-order valence-corrected chi connectivity index (χ0v) is 15.7. The van der Waals surface area contributed by atoms with Gasteiger partial charge >= 0.3 is 5.97 Å². The molecule has 0 fully saturated rings. The van der Waals surface area contributed by atoms with E-state index in [2.05, 4.69) is 4.57 Å². The number of aromatic hydroxyl groups is 1. The number of carboxylic acid groups (broad SMARTS) is 1. The summed E-state index contributed by atoms with van der Waals surface area (Å²) in [5.74, 6) is -1.73. The van der Waals surface area contributed by atoms with Gasteiger partial charge in [0.1, 0.15) is 5.75 Å². The highest BCUT2D eigenvalue weighted by Crippen LogP contribution is 2.30. The lowest BCUT2D eigenvalue weighted by molar-refractivity contribution is -0.148. The van der Waals surface area contributed by atoms with Gasteiger partial charge in [0.05, 0.1) is 0 Å². The Morgan fingerprint density at radius 2 is 1.81 bits per heavy atom. The van der Waals surface area contributed by atoms with E-state index in [1.165, 1.54) is 0 Å². The van der Waals surface area contributed by atoms with Gasteiger partial charge in [-0.3, -0.25) is 4.79 Å². The van der Waals surface area contributed by atoms with Crippen LogP contribution >= 0.6 is 0 Å². The number of nitrogens with zero attached hydrogens (tertiary/aromatic N) is 1. The zero-order chi connectivity index (χ0) is 19.7. The molecule has 1 heterocycles. The maximum atomic E-state index is 11.8. The normalized spacial score (nSPS) is 11.3. The molecule has 140 valence electrons. The SMILES string of the molecule is Cc1c(CC(=O)C(=O)O)c2ccccc2n1Cc1ccc(O)c(C(C)C)c1. The third kappa shape index (κ3) is 3.58. The molecule has 0 aliphatic heterocycles. The second-order valence-corrected chi connectivity index (χ2v) is 7.12. The van der Waals surface area contributed by atoms with Crippen molar-refractivity contribution in [1.29, 1.82) is 0 Å². The molecule has 0 aliphatic carbocycles. The lowest BCUT2D eigenvalue weighted by Gasteiger charge is -2.13. The number of ketones is 1. The number of rotatable bonds is 6. The number of para-hydroxylation sites is 1. The fourth-order valence-electron chi connectivity index (χ4n) is 3.51. The van der Waals surface area contributed by atoms with Crippen molar-refractivity contribution in [2.45, 2.75) is 39.7 Å². The van der Waals surface area contributed by atoms with Crippen LogP contribution in [0.5, 0.6) is 5.75 Å². The second kappa shape index (κ2) is 7.27. The highest BCUT2D eigenvalue weighted by atomic mass is 16.4. The van der Waals surface area contributed by atoms with Gasteiger partial charge in [-0.1, -0.05) is 44.2 Å². The summed E-state index contributed by atoms with van der Waals surface area (Å²) in [7, 11) is 0. The number of phenols is 1. The van der Waals surface area contributed by atoms with Crippen molar-refractivity contribution in [3.05, 3.63) is 64.8 Å². The van der Waals surface area contributed by atoms with Gasteiger partial charge in [-0.25, -0.2) is 4.79 Å². The molecule has 0 aliphatic rings. The van der Waals surface area contributed by atoms with E-state index >= 15 is 0 Å². The first-order chi connectivity index (χ1) is 12.8. The molecule has 0 bridgehead atoms. The number of aromatic nitrogens is 1. The third-order valence-corrected chi connectivity index (χ3v) is 4.99. The molecule has 5 nitrogen and oxygen atoms in total. The topological polar surface area (TPSA) is 79.5 Å². The van der Waals surface area contributed by atoms with E-state index in [0.717, 1.165) is 33.3 Å². The summed E-state index contributed by atoms with van der Waals surface area (Å²) >= 11 is 0. The van der Waals surface area contributed by atoms with E-state index < -0.39 is 11.8 Å². The van der Waals surface area contributed by atoms with Crippen molar-refractivity contribution in [3.8, 4) is 5.75 Å². The van der Waals surface area contributed by atoms with Crippen molar-refractivity contribution in [3.63, 3.8) is 0 Å². The number of carbonyl (C=O) groups excluding carboxylic acids is 1. The highest BCUT2D eigenvalue weighted by Gasteiger charge is 2.20. The van der Waals surface area contributed by atoms with Crippen LogP contribution in [-0.2, 0) is 22.6 Å². The summed E-state index contributed by atoms with van der Waals surface area (Å²) < 4.78 is 2.09. The average molecular weight is 365 g/mol. The largest absolute Gasteiger partial charge is 0.508 e. The summed E-state index contributed by atoms with van der Waals surface area (Å²) in [5, 5.41) is 19.9. The molecular weight excluding hydrogens is 342 g/mol. The van der Waals surface area contributed by atoms with E-state index in [9.17, 15) is 14.7 Å². The van der Waals surface area contributed by atoms with Crippen LogP contribution < -0.4 is 0 Å². The van der Waals surface area contributed by atoms with Crippen molar-refractivity contribution >= 4 is 22.7 Å². The quantitative estimate of drug-likeness (QED) is 0.647. The van der Waals surface area contributed by atoms with Gasteiger partial charge in [0.15, 0.2) is 0 Å². The number of carbonyl (C=O) groups is 2. The lowest BCUT2D eigenvalue weighted by atomic mass is 9.99. The molecule has 2 N–H and O–H groups in total. The third-order valence-electron chi connectivity index (χ3n) is 4.99. The molecular formula is C22H23NO4. The van der Waals surface area contributed by atoms with Crippen molar-refractivity contribution in [1.82, 2.24) is 4.57 Å². The van der Waals surface area contributed by atoms with Gasteiger partial charge in [-0.2, -0.15) is 0 Å². The average Bonchev–Trinajstić information content (AvgIpc) is 2.88. The number of phenolic OH excluding ortho intramolecular Hbond substituents is 1. The summed E-state index contributed by atoms with van der Waals surface area (Å²) in [5.41, 5.74) is 4.52. The van der Waals surface area contributed by atoms with Gasteiger partial charge in [0.25, 0.3) is 0 Å². The summed E-state index contributed by atoms with van der Waals surface area (Å²) in [4.78, 5) is 22.8. The van der Waals surface area contributed by atoms with Crippen molar-refractivity contribution in [2.24, 2.45) is 0 Å². The van der Waals surface area contributed by atoms with Crippen molar-refractivity contribution < 1.29 is 19.8 Å². The summed E-state index contributed by atoms with van der Waals surface area (Å²) in [6, 6.07) is 13.3. The van der Waals surface area contributed by atoms with Gasteiger partial charge in [0, 0.05) is 29.6 Å². The lowest BCUT2D eigenvalue weighted by Crippen LogP contribution is -2.15. The Morgan fingerprint density at radius 3 is 2.48 bits per heavy atom.